The zero-order valence-corrected chi connectivity index (χ0v) is 13.1. The summed E-state index contributed by atoms with van der Waals surface area (Å²) >= 11 is 1.81. The molecular weight excluding hydrogens is 268 g/mol. The average molecular weight is 292 g/mol. The van der Waals surface area contributed by atoms with Gasteiger partial charge >= 0.3 is 0 Å². The number of hydrogen-bond donors (Lipinski definition) is 2. The van der Waals surface area contributed by atoms with Crippen LogP contribution in [-0.2, 0) is 4.79 Å². The molecule has 3 nitrogen and oxygen atoms in total. The number of hydrogen-bond acceptors (Lipinski definition) is 3. The van der Waals surface area contributed by atoms with Crippen LogP contribution in [0.4, 0.5) is 11.4 Å². The molecule has 1 unspecified atom stereocenters. The number of nitrogens with two attached hydrogens (primary N) is 1. The number of aryl methyl sites for hydroxylation is 1. The highest BCUT2D eigenvalue weighted by molar-refractivity contribution is 8.01. The molecule has 0 saturated heterocycles. The maximum absolute atomic E-state index is 12.3. The predicted molar refractivity (Wildman–Crippen MR) is 88.1 cm³/mol. The fourth-order valence-corrected chi connectivity index (χ4v) is 3.93. The Morgan fingerprint density at radius 1 is 1.35 bits per heavy atom. The van der Waals surface area contributed by atoms with E-state index in [1.54, 1.807) is 0 Å². The molecule has 1 atom stereocenters. The minimum Gasteiger partial charge on any atom is -0.399 e. The molecule has 0 heterocycles. The van der Waals surface area contributed by atoms with E-state index in [1.165, 1.54) is 32.1 Å². The molecule has 3 N–H and O–H groups in total. The van der Waals surface area contributed by atoms with Crippen molar-refractivity contribution in [3.05, 3.63) is 23.8 Å². The molecule has 0 spiro atoms. The molecule has 0 aliphatic heterocycles. The van der Waals surface area contributed by atoms with Gasteiger partial charge in [-0.1, -0.05) is 25.3 Å². The molecule has 1 amide bonds. The van der Waals surface area contributed by atoms with Crippen LogP contribution in [0.15, 0.2) is 18.2 Å². The second-order valence-corrected chi connectivity index (χ2v) is 7.25. The van der Waals surface area contributed by atoms with Crippen molar-refractivity contribution >= 4 is 29.0 Å². The monoisotopic (exact) mass is 292 g/mol. The molecule has 1 aliphatic rings. The van der Waals surface area contributed by atoms with Gasteiger partial charge in [-0.25, -0.2) is 0 Å². The Kier molecular flexibility index (Phi) is 5.35. The van der Waals surface area contributed by atoms with Crippen molar-refractivity contribution in [1.82, 2.24) is 0 Å². The van der Waals surface area contributed by atoms with Gasteiger partial charge in [-0.2, -0.15) is 0 Å². The zero-order valence-electron chi connectivity index (χ0n) is 12.3. The highest BCUT2D eigenvalue weighted by Gasteiger charge is 2.21. The number of nitrogens with one attached hydrogen (secondary N) is 1. The van der Waals surface area contributed by atoms with E-state index in [2.05, 4.69) is 5.32 Å². The highest BCUT2D eigenvalue weighted by atomic mass is 32.2. The molecule has 1 fully saturated rings. The maximum atomic E-state index is 12.3. The summed E-state index contributed by atoms with van der Waals surface area (Å²) in [6.07, 6.45) is 6.46. The van der Waals surface area contributed by atoms with Crippen molar-refractivity contribution in [2.75, 3.05) is 11.1 Å². The Morgan fingerprint density at radius 3 is 2.75 bits per heavy atom. The molecule has 2 rings (SSSR count). The number of rotatable bonds is 4. The lowest BCUT2D eigenvalue weighted by Gasteiger charge is -2.24. The summed E-state index contributed by atoms with van der Waals surface area (Å²) in [7, 11) is 0. The molecular formula is C16H24N2OS. The highest BCUT2D eigenvalue weighted by Crippen LogP contribution is 2.31. The molecule has 0 bridgehead atoms. The van der Waals surface area contributed by atoms with Crippen LogP contribution in [0.25, 0.3) is 0 Å². The fourth-order valence-electron chi connectivity index (χ4n) is 2.56. The average Bonchev–Trinajstić information content (AvgIpc) is 2.44. The van der Waals surface area contributed by atoms with Crippen molar-refractivity contribution in [2.45, 2.75) is 56.5 Å². The SMILES string of the molecule is Cc1ccc(N)cc1NC(=O)C(C)SC1CCCCC1. The lowest BCUT2D eigenvalue weighted by atomic mass is 10.0. The Labute approximate surface area is 125 Å². The maximum Gasteiger partial charge on any atom is 0.237 e. The van der Waals surface area contributed by atoms with Crippen LogP contribution in [-0.4, -0.2) is 16.4 Å². The third kappa shape index (κ3) is 4.17. The minimum atomic E-state index is -0.0149. The molecule has 20 heavy (non-hydrogen) atoms. The number of carbonyl (C=O) groups is 1. The number of thioether (sulfide) groups is 1. The van der Waals surface area contributed by atoms with E-state index in [1.807, 2.05) is 43.8 Å². The molecule has 1 aromatic rings. The first-order valence-corrected chi connectivity index (χ1v) is 8.33. The van der Waals surface area contributed by atoms with Gasteiger partial charge in [-0.3, -0.25) is 4.79 Å². The molecule has 1 aliphatic carbocycles. The molecule has 0 radical (unpaired) electrons. The van der Waals surface area contributed by atoms with Crippen molar-refractivity contribution in [3.8, 4) is 0 Å². The third-order valence-corrected chi connectivity index (χ3v) is 5.32. The first-order valence-electron chi connectivity index (χ1n) is 7.38. The van der Waals surface area contributed by atoms with Crippen molar-refractivity contribution in [3.63, 3.8) is 0 Å². The van der Waals surface area contributed by atoms with Crippen molar-refractivity contribution in [2.24, 2.45) is 0 Å². The quantitative estimate of drug-likeness (QED) is 0.826. The van der Waals surface area contributed by atoms with Crippen LogP contribution in [0.3, 0.4) is 0 Å². The smallest absolute Gasteiger partial charge is 0.237 e. The standard InChI is InChI=1S/C16H24N2OS/c1-11-8-9-13(17)10-15(11)18-16(19)12(2)20-14-6-4-3-5-7-14/h8-10,12,14H,3-7,17H2,1-2H3,(H,18,19). The second kappa shape index (κ2) is 7.02. The van der Waals surface area contributed by atoms with Gasteiger partial charge in [0.1, 0.15) is 0 Å². The summed E-state index contributed by atoms with van der Waals surface area (Å²) in [6.45, 7) is 3.98. The number of carbonyl (C=O) groups excluding carboxylic acids is 1. The summed E-state index contributed by atoms with van der Waals surface area (Å²) in [5.74, 6) is 0.0780. The summed E-state index contributed by atoms with van der Waals surface area (Å²) in [5, 5.41) is 3.63. The van der Waals surface area contributed by atoms with Crippen LogP contribution in [0, 0.1) is 6.92 Å². The van der Waals surface area contributed by atoms with Crippen LogP contribution < -0.4 is 11.1 Å². The van der Waals surface area contributed by atoms with E-state index < -0.39 is 0 Å². The third-order valence-electron chi connectivity index (χ3n) is 3.84. The van der Waals surface area contributed by atoms with Gasteiger partial charge < -0.3 is 11.1 Å². The summed E-state index contributed by atoms with van der Waals surface area (Å²) < 4.78 is 0. The van der Waals surface area contributed by atoms with Gasteiger partial charge in [0.15, 0.2) is 0 Å². The number of anilines is 2. The summed E-state index contributed by atoms with van der Waals surface area (Å²) in [6, 6.07) is 5.61. The van der Waals surface area contributed by atoms with Crippen LogP contribution >= 0.6 is 11.8 Å². The van der Waals surface area contributed by atoms with E-state index in [4.69, 9.17) is 5.73 Å². The van der Waals surface area contributed by atoms with Crippen LogP contribution in [0.5, 0.6) is 0 Å². The van der Waals surface area contributed by atoms with Crippen molar-refractivity contribution in [1.29, 1.82) is 0 Å². The Balaban J connectivity index is 1.91. The summed E-state index contributed by atoms with van der Waals surface area (Å²) in [5.41, 5.74) is 8.32. The van der Waals surface area contributed by atoms with Gasteiger partial charge in [0.25, 0.3) is 0 Å². The van der Waals surface area contributed by atoms with Crippen LogP contribution in [0.2, 0.25) is 0 Å². The van der Waals surface area contributed by atoms with E-state index in [0.717, 1.165) is 11.3 Å². The largest absolute Gasteiger partial charge is 0.399 e. The number of benzene rings is 1. The topological polar surface area (TPSA) is 55.1 Å². The van der Waals surface area contributed by atoms with Gasteiger partial charge in [0, 0.05) is 16.6 Å². The number of amides is 1. The first kappa shape index (κ1) is 15.2. The fraction of sp³-hybridized carbons (Fsp3) is 0.562. The van der Waals surface area contributed by atoms with E-state index in [9.17, 15) is 4.79 Å². The van der Waals surface area contributed by atoms with E-state index in [0.29, 0.717) is 10.9 Å². The zero-order chi connectivity index (χ0) is 14.5. The van der Waals surface area contributed by atoms with Gasteiger partial charge in [0.05, 0.1) is 5.25 Å². The van der Waals surface area contributed by atoms with Crippen molar-refractivity contribution < 1.29 is 4.79 Å². The van der Waals surface area contributed by atoms with E-state index in [-0.39, 0.29) is 11.2 Å². The minimum absolute atomic E-state index is 0.0149. The molecule has 110 valence electrons. The van der Waals surface area contributed by atoms with Gasteiger partial charge in [-0.05, 0) is 44.4 Å². The Hall–Kier alpha value is -1.16. The Bertz CT molecular complexity index is 470. The molecule has 0 aromatic heterocycles. The molecule has 1 saturated carbocycles. The molecule has 1 aromatic carbocycles. The van der Waals surface area contributed by atoms with Gasteiger partial charge in [-0.15, -0.1) is 11.8 Å². The normalized spacial score (nSPS) is 17.7. The lowest BCUT2D eigenvalue weighted by Crippen LogP contribution is -2.25. The first-order chi connectivity index (χ1) is 9.56. The molecule has 4 heteroatoms. The predicted octanol–water partition coefficient (Wildman–Crippen LogP) is 3.97. The second-order valence-electron chi connectivity index (χ2n) is 5.60. The number of nitrogen functional groups attached to an aromatic ring is 1. The van der Waals surface area contributed by atoms with E-state index >= 15 is 0 Å². The summed E-state index contributed by atoms with van der Waals surface area (Å²) in [4.78, 5) is 12.3. The van der Waals surface area contributed by atoms with Gasteiger partial charge in [0.2, 0.25) is 5.91 Å². The lowest BCUT2D eigenvalue weighted by molar-refractivity contribution is -0.115. The van der Waals surface area contributed by atoms with Crippen LogP contribution in [0.1, 0.15) is 44.6 Å². The Morgan fingerprint density at radius 2 is 2.05 bits per heavy atom.